The molecule has 0 aliphatic heterocycles. The molecule has 0 N–H and O–H groups in total. The topological polar surface area (TPSA) is 3.24 Å². The van der Waals surface area contributed by atoms with Crippen LogP contribution in [0.3, 0.4) is 0 Å². The molecule has 0 aliphatic rings. The monoisotopic (exact) mass is 381 g/mol. The Balaban J connectivity index is 2.94. The standard InChI is InChI=1S/C9H12N.C4H9.2ClH.Sn/c1-10(2)8-9-6-4-3-5-7-9;1-3-4-2;;;/h3-6H,8H2,1-2H3;1,3-4H2,2H3;2*1H;/q;;;;+2/p-2. The molecule has 1 aromatic rings. The minimum absolute atomic E-state index is 0.917. The Labute approximate surface area is 116 Å². The van der Waals surface area contributed by atoms with E-state index in [9.17, 15) is 0 Å². The fourth-order valence-electron chi connectivity index (χ4n) is 1.89. The molecule has 1 nitrogen and oxygen atoms in total. The molecule has 1 aromatic carbocycles. The van der Waals surface area contributed by atoms with Crippen molar-refractivity contribution in [2.24, 2.45) is 0 Å². The Bertz CT molecular complexity index is 353. The zero-order valence-corrected chi connectivity index (χ0v) is 15.2. The number of unbranched alkanes of at least 4 members (excludes halogenated alkanes) is 1. The molecule has 0 saturated heterocycles. The molecule has 0 fully saturated rings. The summed E-state index contributed by atoms with van der Waals surface area (Å²) in [5, 5.41) is 0. The van der Waals surface area contributed by atoms with E-state index in [0.717, 1.165) is 23.8 Å². The van der Waals surface area contributed by atoms with Crippen LogP contribution in [0.4, 0.5) is 0 Å². The zero-order valence-electron chi connectivity index (χ0n) is 10.8. The third-order valence-corrected chi connectivity index (χ3v) is 14.5. The van der Waals surface area contributed by atoms with E-state index in [1.807, 2.05) is 0 Å². The molecular weight excluding hydrogens is 360 g/mol. The van der Waals surface area contributed by atoms with E-state index in [0.29, 0.717) is 0 Å². The zero-order chi connectivity index (χ0) is 12.9. The van der Waals surface area contributed by atoms with Crippen molar-refractivity contribution >= 4 is 37.5 Å². The summed E-state index contributed by atoms with van der Waals surface area (Å²) in [5.41, 5.74) is 1.30. The molecule has 0 atom stereocenters. The second kappa shape index (κ2) is 7.22. The maximum absolute atomic E-state index is 6.69. The predicted molar refractivity (Wildman–Crippen MR) is 80.6 cm³/mol. The third kappa shape index (κ3) is 4.98. The average Bonchev–Trinajstić information content (AvgIpc) is 2.26. The molecule has 0 heterocycles. The summed E-state index contributed by atoms with van der Waals surface area (Å²) >= 11 is -3.08. The average molecular weight is 381 g/mol. The van der Waals surface area contributed by atoms with Crippen molar-refractivity contribution in [3.63, 3.8) is 0 Å². The van der Waals surface area contributed by atoms with Gasteiger partial charge in [-0.05, 0) is 0 Å². The van der Waals surface area contributed by atoms with Gasteiger partial charge in [0.1, 0.15) is 0 Å². The molecule has 0 saturated carbocycles. The van der Waals surface area contributed by atoms with Crippen LogP contribution in [0.2, 0.25) is 4.44 Å². The van der Waals surface area contributed by atoms with Gasteiger partial charge in [0, 0.05) is 0 Å². The van der Waals surface area contributed by atoms with Crippen molar-refractivity contribution < 1.29 is 0 Å². The van der Waals surface area contributed by atoms with Crippen LogP contribution in [0.25, 0.3) is 0 Å². The van der Waals surface area contributed by atoms with Crippen molar-refractivity contribution in [3.8, 4) is 0 Å². The van der Waals surface area contributed by atoms with Gasteiger partial charge in [-0.3, -0.25) is 0 Å². The van der Waals surface area contributed by atoms with Gasteiger partial charge in [0.15, 0.2) is 0 Å². The van der Waals surface area contributed by atoms with Gasteiger partial charge in [0.2, 0.25) is 0 Å². The molecule has 1 rings (SSSR count). The Morgan fingerprint density at radius 2 is 1.82 bits per heavy atom. The molecule has 0 aromatic heterocycles. The summed E-state index contributed by atoms with van der Waals surface area (Å²) in [6.07, 6.45) is 2.30. The summed E-state index contributed by atoms with van der Waals surface area (Å²) < 4.78 is 2.27. The quantitative estimate of drug-likeness (QED) is 0.680. The van der Waals surface area contributed by atoms with E-state index in [4.69, 9.17) is 17.8 Å². The van der Waals surface area contributed by atoms with Crippen molar-refractivity contribution in [1.29, 1.82) is 0 Å². The van der Waals surface area contributed by atoms with E-state index in [-0.39, 0.29) is 0 Å². The van der Waals surface area contributed by atoms with Crippen molar-refractivity contribution in [3.05, 3.63) is 29.8 Å². The summed E-state index contributed by atoms with van der Waals surface area (Å²) in [5.74, 6) is 0. The Morgan fingerprint density at radius 3 is 2.41 bits per heavy atom. The van der Waals surface area contributed by atoms with Gasteiger partial charge < -0.3 is 0 Å². The first-order valence-corrected chi connectivity index (χ1v) is 16.8. The number of halogens is 2. The Kier molecular flexibility index (Phi) is 6.63. The Morgan fingerprint density at radius 1 is 1.18 bits per heavy atom. The van der Waals surface area contributed by atoms with Gasteiger partial charge in [-0.15, -0.1) is 0 Å². The molecule has 17 heavy (non-hydrogen) atoms. The van der Waals surface area contributed by atoms with E-state index in [1.165, 1.54) is 9.14 Å². The summed E-state index contributed by atoms with van der Waals surface area (Å²) in [4.78, 5) is 2.16. The first-order valence-electron chi connectivity index (χ1n) is 6.08. The van der Waals surface area contributed by atoms with Crippen molar-refractivity contribution in [2.75, 3.05) is 14.1 Å². The van der Waals surface area contributed by atoms with Crippen LogP contribution in [-0.4, -0.2) is 35.1 Å². The van der Waals surface area contributed by atoms with Gasteiger partial charge in [-0.25, -0.2) is 0 Å². The van der Waals surface area contributed by atoms with Crippen LogP contribution in [0.5, 0.6) is 0 Å². The van der Waals surface area contributed by atoms with Crippen molar-refractivity contribution in [2.45, 2.75) is 30.7 Å². The van der Waals surface area contributed by atoms with Crippen LogP contribution in [0, 0.1) is 0 Å². The Hall–Kier alpha value is 0.559. The fraction of sp³-hybridized carbons (Fsp3) is 0.538. The van der Waals surface area contributed by atoms with Crippen LogP contribution in [0.15, 0.2) is 24.3 Å². The normalized spacial score (nSPS) is 12.1. The van der Waals surface area contributed by atoms with E-state index >= 15 is 0 Å². The van der Waals surface area contributed by atoms with Crippen LogP contribution in [-0.2, 0) is 6.54 Å². The molecule has 0 spiro atoms. The first-order chi connectivity index (χ1) is 7.97. The van der Waals surface area contributed by atoms with E-state index in [1.54, 1.807) is 0 Å². The number of nitrogens with zero attached hydrogens (tertiary/aromatic N) is 1. The first kappa shape index (κ1) is 15.6. The van der Waals surface area contributed by atoms with Crippen LogP contribution in [0.1, 0.15) is 25.3 Å². The van der Waals surface area contributed by atoms with E-state index < -0.39 is 16.1 Å². The number of rotatable bonds is 6. The fourth-order valence-corrected chi connectivity index (χ4v) is 12.0. The molecule has 0 aliphatic carbocycles. The van der Waals surface area contributed by atoms with E-state index in [2.05, 4.69) is 50.2 Å². The molecule has 0 bridgehead atoms. The summed E-state index contributed by atoms with van der Waals surface area (Å²) in [6.45, 7) is 3.10. The molecule has 4 heteroatoms. The second-order valence-electron chi connectivity index (χ2n) is 4.70. The third-order valence-electron chi connectivity index (χ3n) is 2.74. The number of hydrogen-bond acceptors (Lipinski definition) is 1. The van der Waals surface area contributed by atoms with Gasteiger partial charge in [-0.1, -0.05) is 0 Å². The van der Waals surface area contributed by atoms with Gasteiger partial charge in [-0.2, -0.15) is 0 Å². The predicted octanol–water partition coefficient (Wildman–Crippen LogP) is 3.68. The van der Waals surface area contributed by atoms with Gasteiger partial charge in [0.05, 0.1) is 0 Å². The molecule has 0 amide bonds. The molecule has 96 valence electrons. The maximum atomic E-state index is 6.69. The van der Waals surface area contributed by atoms with Crippen LogP contribution >= 0.6 is 17.8 Å². The van der Waals surface area contributed by atoms with Gasteiger partial charge in [0.25, 0.3) is 0 Å². The number of hydrogen-bond donors (Lipinski definition) is 0. The molecule has 0 unspecified atom stereocenters. The second-order valence-corrected chi connectivity index (χ2v) is 21.6. The molecular formula is C13H21Cl2NSn. The molecule has 0 radical (unpaired) electrons. The van der Waals surface area contributed by atoms with Crippen molar-refractivity contribution in [1.82, 2.24) is 4.90 Å². The minimum atomic E-state index is -3.08. The number of benzene rings is 1. The SMILES string of the molecule is CCC[CH2][Sn]([Cl])([Cl])[c]1ccccc1CN(C)C. The van der Waals surface area contributed by atoms with Crippen LogP contribution < -0.4 is 3.58 Å². The van der Waals surface area contributed by atoms with Gasteiger partial charge >= 0.3 is 117 Å². The summed E-state index contributed by atoms with van der Waals surface area (Å²) in [6, 6.07) is 8.40. The summed E-state index contributed by atoms with van der Waals surface area (Å²) in [7, 11) is 17.5.